The number of nitrogens with two attached hydrogens (primary N) is 1. The molecule has 0 saturated carbocycles. The van der Waals surface area contributed by atoms with E-state index < -0.39 is 31.4 Å². The molecule has 0 fully saturated rings. The van der Waals surface area contributed by atoms with Crippen LogP contribution in [0.3, 0.4) is 0 Å². The van der Waals surface area contributed by atoms with E-state index in [2.05, 4.69) is 4.74 Å². The fourth-order valence-corrected chi connectivity index (χ4v) is 0.521. The van der Waals surface area contributed by atoms with Crippen molar-refractivity contribution >= 4 is 5.97 Å². The molecule has 3 N–H and O–H groups in total. The van der Waals surface area contributed by atoms with Gasteiger partial charge < -0.3 is 20.3 Å². The third-order valence-electron chi connectivity index (χ3n) is 1.30. The van der Waals surface area contributed by atoms with E-state index in [4.69, 9.17) is 15.6 Å². The first-order valence-corrected chi connectivity index (χ1v) is 4.97. The summed E-state index contributed by atoms with van der Waals surface area (Å²) in [7, 11) is 0. The van der Waals surface area contributed by atoms with Gasteiger partial charge >= 0.3 is 12.1 Å². The average molecular weight is 261 g/mol. The van der Waals surface area contributed by atoms with Crippen LogP contribution in [0.1, 0.15) is 13.8 Å². The number of halogens is 3. The second-order valence-electron chi connectivity index (χ2n) is 2.82. The summed E-state index contributed by atoms with van der Waals surface area (Å²) in [6, 6.07) is -0.976. The smallest absolute Gasteiger partial charge is 0.457 e. The molecule has 0 aromatic rings. The number of hydrogen-bond donors (Lipinski definition) is 2. The summed E-state index contributed by atoms with van der Waals surface area (Å²) in [6.07, 6.45) is -5.00. The van der Waals surface area contributed by atoms with E-state index in [1.54, 1.807) is 0 Å². The Kier molecular flexibility index (Phi) is 11.2. The van der Waals surface area contributed by atoms with Crippen molar-refractivity contribution in [1.82, 2.24) is 0 Å². The van der Waals surface area contributed by atoms with Gasteiger partial charge in [-0.2, -0.15) is 13.2 Å². The van der Waals surface area contributed by atoms with Gasteiger partial charge in [-0.1, -0.05) is 0 Å². The van der Waals surface area contributed by atoms with Gasteiger partial charge in [-0.15, -0.1) is 0 Å². The molecule has 0 aromatic heterocycles. The van der Waals surface area contributed by atoms with Gasteiger partial charge in [-0.3, -0.25) is 0 Å². The number of ether oxygens (including phenoxy) is 2. The minimum absolute atomic E-state index is 0.537. The van der Waals surface area contributed by atoms with Crippen molar-refractivity contribution in [2.24, 2.45) is 5.73 Å². The molecule has 0 saturated heterocycles. The standard InChI is InChI=1S/C5H8F3NO3.C4H10O/c6-5(7,8)4(11)12-2-3(9)1-10;1-3-5-4-2/h3,10H,1-2,9H2;3-4H2,1-2H3/t3-;/m0./s1. The van der Waals surface area contributed by atoms with Crippen LogP contribution in [0.25, 0.3) is 0 Å². The Balaban J connectivity index is 0. The molecule has 0 aromatic carbocycles. The molecule has 0 amide bonds. The van der Waals surface area contributed by atoms with Crippen LogP contribution in [0.15, 0.2) is 0 Å². The van der Waals surface area contributed by atoms with Crippen molar-refractivity contribution in [3.63, 3.8) is 0 Å². The summed E-state index contributed by atoms with van der Waals surface area (Å²) in [6.45, 7) is 4.49. The first-order chi connectivity index (χ1) is 7.79. The molecule has 104 valence electrons. The Labute approximate surface area is 97.7 Å². The second kappa shape index (κ2) is 10.3. The Hall–Kier alpha value is -0.860. The van der Waals surface area contributed by atoms with Crippen LogP contribution in [0.4, 0.5) is 13.2 Å². The van der Waals surface area contributed by atoms with Crippen molar-refractivity contribution in [2.45, 2.75) is 26.1 Å². The summed E-state index contributed by atoms with van der Waals surface area (Å²) in [4.78, 5) is 10.0. The summed E-state index contributed by atoms with van der Waals surface area (Å²) < 4.78 is 42.8. The highest BCUT2D eigenvalue weighted by atomic mass is 19.4. The highest BCUT2D eigenvalue weighted by Crippen LogP contribution is 2.16. The number of rotatable bonds is 5. The summed E-state index contributed by atoms with van der Waals surface area (Å²) in [5.41, 5.74) is 4.97. The molecular formula is C9H18F3NO4. The first-order valence-electron chi connectivity index (χ1n) is 4.97. The number of hydrogen-bond acceptors (Lipinski definition) is 5. The van der Waals surface area contributed by atoms with E-state index in [0.717, 1.165) is 13.2 Å². The van der Waals surface area contributed by atoms with Crippen molar-refractivity contribution < 1.29 is 32.5 Å². The molecule has 0 radical (unpaired) electrons. The van der Waals surface area contributed by atoms with Crippen LogP contribution in [-0.2, 0) is 14.3 Å². The molecule has 0 spiro atoms. The molecule has 17 heavy (non-hydrogen) atoms. The van der Waals surface area contributed by atoms with E-state index in [1.165, 1.54) is 0 Å². The molecule has 1 atom stereocenters. The van der Waals surface area contributed by atoms with Crippen molar-refractivity contribution in [3.05, 3.63) is 0 Å². The number of carbonyl (C=O) groups excluding carboxylic acids is 1. The quantitative estimate of drug-likeness (QED) is 0.702. The van der Waals surface area contributed by atoms with E-state index >= 15 is 0 Å². The lowest BCUT2D eigenvalue weighted by atomic mass is 10.4. The number of aliphatic hydroxyl groups excluding tert-OH is 1. The topological polar surface area (TPSA) is 81.8 Å². The van der Waals surface area contributed by atoms with E-state index in [-0.39, 0.29) is 0 Å². The number of carbonyl (C=O) groups is 1. The van der Waals surface area contributed by atoms with Crippen LogP contribution >= 0.6 is 0 Å². The lowest BCUT2D eigenvalue weighted by molar-refractivity contribution is -0.200. The number of aliphatic hydroxyl groups is 1. The summed E-state index contributed by atoms with van der Waals surface area (Å²) in [5, 5.41) is 8.25. The molecule has 0 bridgehead atoms. The van der Waals surface area contributed by atoms with Gasteiger partial charge in [-0.25, -0.2) is 4.79 Å². The Bertz CT molecular complexity index is 197. The largest absolute Gasteiger partial charge is 0.490 e. The van der Waals surface area contributed by atoms with Gasteiger partial charge in [0.1, 0.15) is 6.61 Å². The molecule has 5 nitrogen and oxygen atoms in total. The second-order valence-corrected chi connectivity index (χ2v) is 2.82. The molecule has 0 aliphatic rings. The van der Waals surface area contributed by atoms with Gasteiger partial charge in [0.2, 0.25) is 0 Å². The first kappa shape index (κ1) is 18.5. The average Bonchev–Trinajstić information content (AvgIpc) is 2.26. The number of alkyl halides is 3. The maximum Gasteiger partial charge on any atom is 0.490 e. The predicted octanol–water partition coefficient (Wildman–Crippen LogP) is 0.454. The predicted molar refractivity (Wildman–Crippen MR) is 54.2 cm³/mol. The molecule has 0 rings (SSSR count). The minimum atomic E-state index is -5.00. The van der Waals surface area contributed by atoms with Gasteiger partial charge in [0.25, 0.3) is 0 Å². The van der Waals surface area contributed by atoms with Gasteiger partial charge in [0, 0.05) is 13.2 Å². The highest BCUT2D eigenvalue weighted by Gasteiger charge is 2.41. The van der Waals surface area contributed by atoms with Gasteiger partial charge in [0.15, 0.2) is 0 Å². The van der Waals surface area contributed by atoms with Crippen LogP contribution in [0.2, 0.25) is 0 Å². The lowest BCUT2D eigenvalue weighted by Gasteiger charge is -2.10. The zero-order valence-corrected chi connectivity index (χ0v) is 9.79. The SMILES string of the molecule is CCOCC.N[C@@H](CO)COC(=O)C(F)(F)F. The third-order valence-corrected chi connectivity index (χ3v) is 1.30. The van der Waals surface area contributed by atoms with Crippen LogP contribution in [0.5, 0.6) is 0 Å². The zero-order chi connectivity index (χ0) is 13.9. The van der Waals surface area contributed by atoms with Gasteiger partial charge in [0.05, 0.1) is 12.6 Å². The Morgan fingerprint density at radius 3 is 2.06 bits per heavy atom. The Morgan fingerprint density at radius 2 is 1.82 bits per heavy atom. The third kappa shape index (κ3) is 13.1. The molecule has 0 unspecified atom stereocenters. The fourth-order valence-electron chi connectivity index (χ4n) is 0.521. The van der Waals surface area contributed by atoms with E-state index in [9.17, 15) is 18.0 Å². The lowest BCUT2D eigenvalue weighted by Crippen LogP contribution is -2.34. The maximum atomic E-state index is 11.4. The van der Waals surface area contributed by atoms with Gasteiger partial charge in [-0.05, 0) is 13.8 Å². The fraction of sp³-hybridized carbons (Fsp3) is 0.889. The summed E-state index contributed by atoms with van der Waals surface area (Å²) in [5.74, 6) is -2.30. The van der Waals surface area contributed by atoms with Crippen LogP contribution in [-0.4, -0.2) is 49.7 Å². The molecule has 8 heteroatoms. The van der Waals surface area contributed by atoms with Crippen molar-refractivity contribution in [1.29, 1.82) is 0 Å². The Morgan fingerprint density at radius 1 is 1.35 bits per heavy atom. The van der Waals surface area contributed by atoms with Crippen molar-refractivity contribution in [2.75, 3.05) is 26.4 Å². The molecule has 0 aliphatic heterocycles. The normalized spacial score (nSPS) is 12.4. The van der Waals surface area contributed by atoms with Crippen LogP contribution in [0, 0.1) is 0 Å². The van der Waals surface area contributed by atoms with Crippen LogP contribution < -0.4 is 5.73 Å². The summed E-state index contributed by atoms with van der Waals surface area (Å²) >= 11 is 0. The molecular weight excluding hydrogens is 243 g/mol. The molecule has 0 heterocycles. The molecule has 0 aliphatic carbocycles. The minimum Gasteiger partial charge on any atom is -0.457 e. The zero-order valence-electron chi connectivity index (χ0n) is 9.79. The maximum absolute atomic E-state index is 11.4. The van der Waals surface area contributed by atoms with E-state index in [1.807, 2.05) is 13.8 Å². The van der Waals surface area contributed by atoms with Crippen molar-refractivity contribution in [3.8, 4) is 0 Å². The van der Waals surface area contributed by atoms with E-state index in [0.29, 0.717) is 0 Å². The monoisotopic (exact) mass is 261 g/mol. The highest BCUT2D eigenvalue weighted by molar-refractivity contribution is 5.75. The number of esters is 1.